The third kappa shape index (κ3) is 2.43. The second-order valence-corrected chi connectivity index (χ2v) is 6.32. The summed E-state index contributed by atoms with van der Waals surface area (Å²) in [6.07, 6.45) is 6.43. The van der Waals surface area contributed by atoms with Crippen molar-refractivity contribution in [2.75, 3.05) is 19.8 Å². The fourth-order valence-electron chi connectivity index (χ4n) is 3.73. The molecule has 1 N–H and O–H groups in total. The largest absolute Gasteiger partial charge is 0.396 e. The zero-order valence-electron chi connectivity index (χ0n) is 10.7. The van der Waals surface area contributed by atoms with Crippen LogP contribution in [0, 0.1) is 23.2 Å². The van der Waals surface area contributed by atoms with Gasteiger partial charge in [-0.25, -0.2) is 0 Å². The quantitative estimate of drug-likeness (QED) is 0.706. The standard InChI is InChI=1S/C14H26O2/c1-11(2)9-16-6-5-14(10-15)8-12-3-4-13(14)7-12/h11-13,15H,3-10H2,1-2H3. The summed E-state index contributed by atoms with van der Waals surface area (Å²) in [7, 11) is 0. The Morgan fingerprint density at radius 3 is 2.69 bits per heavy atom. The fraction of sp³-hybridized carbons (Fsp3) is 1.00. The molecule has 2 aliphatic rings. The second-order valence-electron chi connectivity index (χ2n) is 6.32. The average Bonchev–Trinajstić information content (AvgIpc) is 2.84. The van der Waals surface area contributed by atoms with Crippen LogP contribution < -0.4 is 0 Å². The summed E-state index contributed by atoms with van der Waals surface area (Å²) in [5, 5.41) is 9.69. The van der Waals surface area contributed by atoms with Crippen LogP contribution in [0.3, 0.4) is 0 Å². The van der Waals surface area contributed by atoms with Gasteiger partial charge in [-0.15, -0.1) is 0 Å². The molecule has 0 heterocycles. The van der Waals surface area contributed by atoms with Crippen molar-refractivity contribution in [3.05, 3.63) is 0 Å². The Kier molecular flexibility index (Phi) is 3.91. The molecule has 3 unspecified atom stereocenters. The number of fused-ring (bicyclic) bond motifs is 2. The van der Waals surface area contributed by atoms with Crippen molar-refractivity contribution in [2.24, 2.45) is 23.2 Å². The van der Waals surface area contributed by atoms with Crippen LogP contribution in [0.15, 0.2) is 0 Å². The highest BCUT2D eigenvalue weighted by Crippen LogP contribution is 2.57. The first-order valence-electron chi connectivity index (χ1n) is 6.85. The van der Waals surface area contributed by atoms with Gasteiger partial charge in [-0.05, 0) is 48.9 Å². The van der Waals surface area contributed by atoms with Crippen molar-refractivity contribution in [1.82, 2.24) is 0 Å². The van der Waals surface area contributed by atoms with E-state index in [0.717, 1.165) is 31.5 Å². The number of hydrogen-bond donors (Lipinski definition) is 1. The van der Waals surface area contributed by atoms with Crippen molar-refractivity contribution in [1.29, 1.82) is 0 Å². The Labute approximate surface area is 99.4 Å². The Bertz CT molecular complexity index is 227. The van der Waals surface area contributed by atoms with E-state index in [4.69, 9.17) is 4.74 Å². The maximum absolute atomic E-state index is 9.69. The monoisotopic (exact) mass is 226 g/mol. The molecule has 3 atom stereocenters. The Morgan fingerprint density at radius 2 is 2.19 bits per heavy atom. The van der Waals surface area contributed by atoms with E-state index < -0.39 is 0 Å². The predicted octanol–water partition coefficient (Wildman–Crippen LogP) is 2.85. The summed E-state index contributed by atoms with van der Waals surface area (Å²) in [5.74, 6) is 2.30. The first kappa shape index (κ1) is 12.4. The van der Waals surface area contributed by atoms with Gasteiger partial charge < -0.3 is 9.84 Å². The molecule has 16 heavy (non-hydrogen) atoms. The van der Waals surface area contributed by atoms with Crippen LogP contribution >= 0.6 is 0 Å². The molecule has 0 saturated heterocycles. The van der Waals surface area contributed by atoms with Crippen LogP contribution in [0.25, 0.3) is 0 Å². The van der Waals surface area contributed by atoms with Gasteiger partial charge in [0.05, 0.1) is 0 Å². The molecule has 0 aromatic heterocycles. The maximum Gasteiger partial charge on any atom is 0.0491 e. The lowest BCUT2D eigenvalue weighted by Gasteiger charge is -2.36. The van der Waals surface area contributed by atoms with Crippen molar-refractivity contribution in [2.45, 2.75) is 46.0 Å². The van der Waals surface area contributed by atoms with Crippen molar-refractivity contribution in [3.8, 4) is 0 Å². The van der Waals surface area contributed by atoms with Gasteiger partial charge in [-0.3, -0.25) is 0 Å². The van der Waals surface area contributed by atoms with E-state index in [2.05, 4.69) is 13.8 Å². The topological polar surface area (TPSA) is 29.5 Å². The summed E-state index contributed by atoms with van der Waals surface area (Å²) in [4.78, 5) is 0. The van der Waals surface area contributed by atoms with Gasteiger partial charge in [0.15, 0.2) is 0 Å². The number of aliphatic hydroxyl groups is 1. The van der Waals surface area contributed by atoms with Gasteiger partial charge in [0.25, 0.3) is 0 Å². The Hall–Kier alpha value is -0.0800. The van der Waals surface area contributed by atoms with E-state index in [-0.39, 0.29) is 5.41 Å². The molecule has 0 spiro atoms. The van der Waals surface area contributed by atoms with Crippen LogP contribution in [0.5, 0.6) is 0 Å². The molecular weight excluding hydrogens is 200 g/mol. The lowest BCUT2D eigenvalue weighted by atomic mass is 9.71. The predicted molar refractivity (Wildman–Crippen MR) is 65.2 cm³/mol. The third-order valence-electron chi connectivity index (χ3n) is 4.61. The van der Waals surface area contributed by atoms with Crippen molar-refractivity contribution in [3.63, 3.8) is 0 Å². The van der Waals surface area contributed by atoms with E-state index >= 15 is 0 Å². The number of rotatable bonds is 6. The zero-order chi connectivity index (χ0) is 11.6. The smallest absolute Gasteiger partial charge is 0.0491 e. The summed E-state index contributed by atoms with van der Waals surface area (Å²) in [6.45, 7) is 6.43. The maximum atomic E-state index is 9.69. The highest BCUT2D eigenvalue weighted by molar-refractivity contribution is 4.99. The van der Waals surface area contributed by atoms with Gasteiger partial charge in [0.1, 0.15) is 0 Å². The molecule has 2 bridgehead atoms. The molecule has 2 rings (SSSR count). The van der Waals surface area contributed by atoms with Crippen LogP contribution in [-0.4, -0.2) is 24.9 Å². The first-order valence-corrected chi connectivity index (χ1v) is 6.85. The Balaban J connectivity index is 1.77. The highest BCUT2D eigenvalue weighted by Gasteiger charge is 2.49. The zero-order valence-corrected chi connectivity index (χ0v) is 10.7. The molecule has 2 fully saturated rings. The lowest BCUT2D eigenvalue weighted by molar-refractivity contribution is 0.0141. The SMILES string of the molecule is CC(C)COCCC1(CO)CC2CCC1C2. The van der Waals surface area contributed by atoms with Gasteiger partial charge in [-0.2, -0.15) is 0 Å². The van der Waals surface area contributed by atoms with E-state index in [1.54, 1.807) is 0 Å². The van der Waals surface area contributed by atoms with Gasteiger partial charge in [0.2, 0.25) is 0 Å². The van der Waals surface area contributed by atoms with E-state index in [1.807, 2.05) is 0 Å². The Morgan fingerprint density at radius 1 is 1.38 bits per heavy atom. The molecule has 0 aliphatic heterocycles. The van der Waals surface area contributed by atoms with Gasteiger partial charge in [0, 0.05) is 19.8 Å². The molecule has 94 valence electrons. The molecule has 2 aliphatic carbocycles. The summed E-state index contributed by atoms with van der Waals surface area (Å²) >= 11 is 0. The third-order valence-corrected chi connectivity index (χ3v) is 4.61. The second kappa shape index (κ2) is 5.05. The van der Waals surface area contributed by atoms with Crippen LogP contribution in [0.4, 0.5) is 0 Å². The number of ether oxygens (including phenoxy) is 1. The van der Waals surface area contributed by atoms with E-state index in [0.29, 0.717) is 12.5 Å². The molecule has 2 nitrogen and oxygen atoms in total. The molecule has 0 amide bonds. The van der Waals surface area contributed by atoms with Gasteiger partial charge >= 0.3 is 0 Å². The minimum Gasteiger partial charge on any atom is -0.396 e. The molecule has 0 aromatic rings. The normalized spacial score (nSPS) is 37.5. The number of hydrogen-bond acceptors (Lipinski definition) is 2. The average molecular weight is 226 g/mol. The lowest BCUT2D eigenvalue weighted by Crippen LogP contribution is -2.33. The summed E-state index contributed by atoms with van der Waals surface area (Å²) in [6, 6.07) is 0. The molecule has 0 aromatic carbocycles. The number of aliphatic hydroxyl groups excluding tert-OH is 1. The van der Waals surface area contributed by atoms with Crippen molar-refractivity contribution < 1.29 is 9.84 Å². The van der Waals surface area contributed by atoms with E-state index in [1.165, 1.54) is 25.7 Å². The van der Waals surface area contributed by atoms with Crippen LogP contribution in [0.1, 0.15) is 46.0 Å². The minimum atomic E-state index is 0.222. The van der Waals surface area contributed by atoms with Crippen LogP contribution in [-0.2, 0) is 4.74 Å². The fourth-order valence-corrected chi connectivity index (χ4v) is 3.73. The summed E-state index contributed by atoms with van der Waals surface area (Å²) < 4.78 is 5.68. The highest BCUT2D eigenvalue weighted by atomic mass is 16.5. The molecule has 2 heteroatoms. The minimum absolute atomic E-state index is 0.222. The molecular formula is C14H26O2. The first-order chi connectivity index (χ1) is 7.66. The van der Waals surface area contributed by atoms with Crippen molar-refractivity contribution >= 4 is 0 Å². The van der Waals surface area contributed by atoms with E-state index in [9.17, 15) is 5.11 Å². The molecule has 2 saturated carbocycles. The summed E-state index contributed by atoms with van der Waals surface area (Å²) in [5.41, 5.74) is 0.222. The van der Waals surface area contributed by atoms with Crippen LogP contribution in [0.2, 0.25) is 0 Å². The van der Waals surface area contributed by atoms with Gasteiger partial charge in [-0.1, -0.05) is 20.3 Å². The molecule has 0 radical (unpaired) electrons.